The number of nitrogens with one attached hydrogen (secondary N) is 2. The van der Waals surface area contributed by atoms with E-state index in [0.717, 1.165) is 11.8 Å². The van der Waals surface area contributed by atoms with Gasteiger partial charge < -0.3 is 25.4 Å². The van der Waals surface area contributed by atoms with E-state index in [1.54, 1.807) is 12.1 Å². The summed E-state index contributed by atoms with van der Waals surface area (Å²) in [6, 6.07) is 7.34. The second-order valence-corrected chi connectivity index (χ2v) is 4.63. The van der Waals surface area contributed by atoms with Crippen LogP contribution in [-0.4, -0.2) is 51.3 Å². The van der Waals surface area contributed by atoms with E-state index in [4.69, 9.17) is 5.11 Å². The molecule has 0 saturated heterocycles. The van der Waals surface area contributed by atoms with Gasteiger partial charge in [0.05, 0.1) is 19.8 Å². The molecule has 0 aliphatic heterocycles. The highest BCUT2D eigenvalue weighted by molar-refractivity contribution is 6.01. The van der Waals surface area contributed by atoms with E-state index >= 15 is 0 Å². The number of amides is 1. The molecule has 1 aromatic carbocycles. The molecule has 7 heteroatoms. The molecule has 0 heterocycles. The highest BCUT2D eigenvalue weighted by Crippen LogP contribution is 2.17. The lowest BCUT2D eigenvalue weighted by molar-refractivity contribution is -0.135. The summed E-state index contributed by atoms with van der Waals surface area (Å²) in [6.07, 6.45) is 1.06. The van der Waals surface area contributed by atoms with Gasteiger partial charge >= 0.3 is 5.97 Å². The van der Waals surface area contributed by atoms with Gasteiger partial charge in [0.15, 0.2) is 0 Å². The van der Waals surface area contributed by atoms with Gasteiger partial charge in [0.25, 0.3) is 5.91 Å². The summed E-state index contributed by atoms with van der Waals surface area (Å²) in [5.74, 6) is -1.15. The van der Waals surface area contributed by atoms with Gasteiger partial charge in [-0.25, -0.2) is 4.79 Å². The highest BCUT2D eigenvalue weighted by Gasteiger charge is 2.12. The van der Waals surface area contributed by atoms with Crippen molar-refractivity contribution in [2.45, 2.75) is 0 Å². The van der Waals surface area contributed by atoms with Crippen LogP contribution in [0.5, 0.6) is 0 Å². The molecule has 0 aliphatic carbocycles. The van der Waals surface area contributed by atoms with Crippen molar-refractivity contribution in [2.75, 3.05) is 44.6 Å². The van der Waals surface area contributed by atoms with E-state index in [9.17, 15) is 9.59 Å². The first-order valence-corrected chi connectivity index (χ1v) is 6.71. The molecule has 0 aromatic heterocycles. The van der Waals surface area contributed by atoms with Crippen molar-refractivity contribution in [3.05, 3.63) is 36.0 Å². The van der Waals surface area contributed by atoms with E-state index in [2.05, 4.69) is 15.4 Å². The van der Waals surface area contributed by atoms with Gasteiger partial charge in [-0.15, -0.1) is 0 Å². The summed E-state index contributed by atoms with van der Waals surface area (Å²) in [7, 11) is 5.08. The second kappa shape index (κ2) is 8.68. The average Bonchev–Trinajstić information content (AvgIpc) is 2.52. The smallest absolute Gasteiger partial charge is 0.332 e. The zero-order valence-electron chi connectivity index (χ0n) is 12.9. The van der Waals surface area contributed by atoms with Crippen molar-refractivity contribution in [2.24, 2.45) is 0 Å². The SMILES string of the molecule is COC(=O)/C=C(/Nc1ccc(N(C)C)cc1)C(=O)NCCO. The Hall–Kier alpha value is -2.54. The fraction of sp³-hybridized carbons (Fsp3) is 0.333. The van der Waals surface area contributed by atoms with Crippen LogP contribution in [0.1, 0.15) is 0 Å². The first kappa shape index (κ1) is 17.5. The third-order valence-electron chi connectivity index (χ3n) is 2.77. The van der Waals surface area contributed by atoms with E-state index < -0.39 is 11.9 Å². The van der Waals surface area contributed by atoms with Gasteiger partial charge in [0.2, 0.25) is 0 Å². The molecule has 0 fully saturated rings. The number of methoxy groups -OCH3 is 1. The number of benzene rings is 1. The zero-order valence-corrected chi connectivity index (χ0v) is 12.9. The molecule has 0 radical (unpaired) electrons. The summed E-state index contributed by atoms with van der Waals surface area (Å²) in [5.41, 5.74) is 1.70. The maximum atomic E-state index is 12.0. The second-order valence-electron chi connectivity index (χ2n) is 4.63. The molecule has 0 saturated carbocycles. The third kappa shape index (κ3) is 5.45. The number of anilines is 2. The Kier molecular flexibility index (Phi) is 6.91. The minimum atomic E-state index is -0.647. The molecule has 1 amide bonds. The molecule has 1 rings (SSSR count). The van der Waals surface area contributed by atoms with Crippen molar-refractivity contribution in [3.8, 4) is 0 Å². The number of carbonyl (C=O) groups is 2. The molecule has 120 valence electrons. The molecule has 0 spiro atoms. The molecular weight excluding hydrogens is 286 g/mol. The van der Waals surface area contributed by atoms with Crippen LogP contribution in [0.4, 0.5) is 11.4 Å². The normalized spacial score (nSPS) is 10.8. The van der Waals surface area contributed by atoms with Crippen molar-refractivity contribution < 1.29 is 19.4 Å². The molecule has 0 unspecified atom stereocenters. The Morgan fingerprint density at radius 2 is 1.91 bits per heavy atom. The van der Waals surface area contributed by atoms with E-state index in [0.29, 0.717) is 5.69 Å². The minimum Gasteiger partial charge on any atom is -0.466 e. The lowest BCUT2D eigenvalue weighted by atomic mass is 10.2. The number of carbonyl (C=O) groups excluding carboxylic acids is 2. The maximum absolute atomic E-state index is 12.0. The fourth-order valence-electron chi connectivity index (χ4n) is 1.60. The Bertz CT molecular complexity index is 538. The summed E-state index contributed by atoms with van der Waals surface area (Å²) >= 11 is 0. The van der Waals surface area contributed by atoms with Crippen molar-refractivity contribution in [3.63, 3.8) is 0 Å². The Morgan fingerprint density at radius 3 is 2.41 bits per heavy atom. The molecule has 7 nitrogen and oxygen atoms in total. The molecule has 0 aliphatic rings. The average molecular weight is 307 g/mol. The monoisotopic (exact) mass is 307 g/mol. The van der Waals surface area contributed by atoms with Gasteiger partial charge in [-0.3, -0.25) is 4.79 Å². The van der Waals surface area contributed by atoms with E-state index in [-0.39, 0.29) is 18.8 Å². The molecule has 3 N–H and O–H groups in total. The summed E-state index contributed by atoms with van der Waals surface area (Å²) in [6.45, 7) is -0.0899. The molecule has 0 atom stereocenters. The first-order chi connectivity index (χ1) is 10.5. The number of esters is 1. The number of hydrogen-bond acceptors (Lipinski definition) is 6. The van der Waals surface area contributed by atoms with Crippen molar-refractivity contribution in [1.29, 1.82) is 0 Å². The van der Waals surface area contributed by atoms with Gasteiger partial charge in [-0.05, 0) is 24.3 Å². The number of aliphatic hydroxyl groups excluding tert-OH is 1. The Balaban J connectivity index is 2.90. The molecule has 22 heavy (non-hydrogen) atoms. The van der Waals surface area contributed by atoms with E-state index in [1.807, 2.05) is 31.1 Å². The number of nitrogens with zero attached hydrogens (tertiary/aromatic N) is 1. The lowest BCUT2D eigenvalue weighted by Gasteiger charge is -2.14. The van der Waals surface area contributed by atoms with Crippen molar-refractivity contribution in [1.82, 2.24) is 5.32 Å². The summed E-state index contributed by atoms with van der Waals surface area (Å²) < 4.78 is 4.53. The summed E-state index contributed by atoms with van der Waals surface area (Å²) in [4.78, 5) is 25.3. The molecular formula is C15H21N3O4. The van der Waals surface area contributed by atoms with Crippen LogP contribution >= 0.6 is 0 Å². The number of hydrogen-bond donors (Lipinski definition) is 3. The predicted molar refractivity (Wildman–Crippen MR) is 84.6 cm³/mol. The topological polar surface area (TPSA) is 90.9 Å². The van der Waals surface area contributed by atoms with Crippen LogP contribution in [0.15, 0.2) is 36.0 Å². The highest BCUT2D eigenvalue weighted by atomic mass is 16.5. The van der Waals surface area contributed by atoms with Gasteiger partial charge in [0, 0.05) is 32.0 Å². The lowest BCUT2D eigenvalue weighted by Crippen LogP contribution is -2.31. The first-order valence-electron chi connectivity index (χ1n) is 6.71. The van der Waals surface area contributed by atoms with Gasteiger partial charge in [-0.2, -0.15) is 0 Å². The fourth-order valence-corrected chi connectivity index (χ4v) is 1.60. The third-order valence-corrected chi connectivity index (χ3v) is 2.77. The number of aliphatic hydroxyl groups is 1. The van der Waals surface area contributed by atoms with Crippen LogP contribution in [0, 0.1) is 0 Å². The maximum Gasteiger partial charge on any atom is 0.332 e. The standard InChI is InChI=1S/C15H21N3O4/c1-18(2)12-6-4-11(5-7-12)17-13(10-14(20)22-3)15(21)16-8-9-19/h4-7,10,17,19H,8-9H2,1-3H3,(H,16,21)/b13-10+. The minimum absolute atomic E-state index is 0.0397. The summed E-state index contributed by atoms with van der Waals surface area (Å²) in [5, 5.41) is 14.1. The van der Waals surface area contributed by atoms with Gasteiger partial charge in [0.1, 0.15) is 5.70 Å². The van der Waals surface area contributed by atoms with Crippen LogP contribution in [-0.2, 0) is 14.3 Å². The van der Waals surface area contributed by atoms with Crippen molar-refractivity contribution >= 4 is 23.3 Å². The van der Waals surface area contributed by atoms with Crippen LogP contribution in [0.2, 0.25) is 0 Å². The molecule has 1 aromatic rings. The number of ether oxygens (including phenoxy) is 1. The largest absolute Gasteiger partial charge is 0.466 e. The molecule has 0 bridgehead atoms. The van der Waals surface area contributed by atoms with Crippen LogP contribution < -0.4 is 15.5 Å². The Morgan fingerprint density at radius 1 is 1.27 bits per heavy atom. The van der Waals surface area contributed by atoms with Gasteiger partial charge in [-0.1, -0.05) is 0 Å². The quantitative estimate of drug-likeness (QED) is 0.497. The Labute approximate surface area is 129 Å². The zero-order chi connectivity index (χ0) is 16.5. The number of rotatable bonds is 7. The van der Waals surface area contributed by atoms with Crippen LogP contribution in [0.25, 0.3) is 0 Å². The van der Waals surface area contributed by atoms with E-state index in [1.165, 1.54) is 7.11 Å². The predicted octanol–water partition coefficient (Wildman–Crippen LogP) is 0.330. The van der Waals surface area contributed by atoms with Crippen LogP contribution in [0.3, 0.4) is 0 Å².